The lowest BCUT2D eigenvalue weighted by molar-refractivity contribution is -0.149. The fourth-order valence-corrected chi connectivity index (χ4v) is 4.46. The van der Waals surface area contributed by atoms with Gasteiger partial charge in [0.25, 0.3) is 0 Å². The van der Waals surface area contributed by atoms with Gasteiger partial charge in [-0.25, -0.2) is 18.0 Å². The molecule has 1 aromatic heterocycles. The lowest BCUT2D eigenvalue weighted by atomic mass is 10.1. The van der Waals surface area contributed by atoms with E-state index in [-0.39, 0.29) is 40.6 Å². The van der Waals surface area contributed by atoms with E-state index in [0.717, 1.165) is 0 Å². The van der Waals surface area contributed by atoms with Crippen LogP contribution in [-0.4, -0.2) is 61.8 Å². The number of aliphatic hydroxyl groups excluding tert-OH is 1. The molecule has 0 saturated heterocycles. The first-order valence-electron chi connectivity index (χ1n) is 10.6. The van der Waals surface area contributed by atoms with Gasteiger partial charge in [0.2, 0.25) is 10.0 Å². The number of nitrogens with one attached hydrogen (secondary N) is 2. The van der Waals surface area contributed by atoms with Gasteiger partial charge in [-0.3, -0.25) is 4.79 Å². The molecule has 0 saturated carbocycles. The molecular weight excluding hydrogens is 504 g/mol. The Morgan fingerprint density at radius 1 is 1.06 bits per heavy atom. The molecule has 0 aliphatic carbocycles. The van der Waals surface area contributed by atoms with Crippen LogP contribution in [0.2, 0.25) is 5.02 Å². The van der Waals surface area contributed by atoms with Crippen molar-refractivity contribution >= 4 is 39.5 Å². The summed E-state index contributed by atoms with van der Waals surface area (Å²) in [6.45, 7) is 5.54. The fourth-order valence-electron chi connectivity index (χ4n) is 3.08. The van der Waals surface area contributed by atoms with Crippen molar-refractivity contribution in [3.05, 3.63) is 51.8 Å². The average Bonchev–Trinajstić information content (AvgIpc) is 3.12. The molecule has 2 aromatic rings. The van der Waals surface area contributed by atoms with Gasteiger partial charge < -0.3 is 24.3 Å². The minimum atomic E-state index is -4.21. The molecular formula is C22H27ClN2O9S. The highest BCUT2D eigenvalue weighted by Gasteiger charge is 2.32. The third-order valence-electron chi connectivity index (χ3n) is 4.79. The predicted octanol–water partition coefficient (Wildman–Crippen LogP) is 2.10. The second-order valence-corrected chi connectivity index (χ2v) is 9.47. The number of benzene rings is 1. The van der Waals surface area contributed by atoms with E-state index in [1.54, 1.807) is 13.8 Å². The molecule has 35 heavy (non-hydrogen) atoms. The van der Waals surface area contributed by atoms with Crippen molar-refractivity contribution in [1.29, 1.82) is 0 Å². The van der Waals surface area contributed by atoms with Gasteiger partial charge in [-0.1, -0.05) is 11.6 Å². The van der Waals surface area contributed by atoms with Crippen molar-refractivity contribution in [2.24, 2.45) is 0 Å². The second kappa shape index (κ2) is 12.2. The first-order chi connectivity index (χ1) is 16.4. The molecule has 11 nitrogen and oxygen atoms in total. The number of halogens is 1. The van der Waals surface area contributed by atoms with Crippen LogP contribution in [0.15, 0.2) is 29.2 Å². The lowest BCUT2D eigenvalue weighted by Crippen LogP contribution is -2.48. The minimum absolute atomic E-state index is 0.0157. The predicted molar refractivity (Wildman–Crippen MR) is 124 cm³/mol. The number of aromatic amines is 1. The van der Waals surface area contributed by atoms with E-state index in [0.29, 0.717) is 5.02 Å². The summed E-state index contributed by atoms with van der Waals surface area (Å²) in [4.78, 5) is 39.9. The highest BCUT2D eigenvalue weighted by molar-refractivity contribution is 7.89. The Balaban J connectivity index is 2.27. The van der Waals surface area contributed by atoms with Crippen LogP contribution in [0.5, 0.6) is 0 Å². The topological polar surface area (TPSA) is 161 Å². The smallest absolute Gasteiger partial charge is 0.355 e. The Morgan fingerprint density at radius 2 is 1.63 bits per heavy atom. The van der Waals surface area contributed by atoms with Gasteiger partial charge >= 0.3 is 17.9 Å². The second-order valence-electron chi connectivity index (χ2n) is 7.32. The van der Waals surface area contributed by atoms with Crippen molar-refractivity contribution in [3.63, 3.8) is 0 Å². The van der Waals surface area contributed by atoms with E-state index in [9.17, 15) is 27.9 Å². The number of hydrogen-bond acceptors (Lipinski definition) is 9. The van der Waals surface area contributed by atoms with Crippen molar-refractivity contribution in [1.82, 2.24) is 9.71 Å². The van der Waals surface area contributed by atoms with Crippen molar-refractivity contribution in [2.75, 3.05) is 13.2 Å². The summed E-state index contributed by atoms with van der Waals surface area (Å²) in [6, 6.07) is 3.52. The van der Waals surface area contributed by atoms with Gasteiger partial charge in [0.1, 0.15) is 18.3 Å². The molecule has 1 heterocycles. The number of aromatic nitrogens is 1. The standard InChI is InChI=1S/C22H27ClN2O9S/c1-5-32-20(27)17-12(3)18(21(28)33-6-2)24-16(17)11-34-22(29)19(13(4)26)25-35(30,31)15-9-7-14(23)8-10-15/h7-10,13,19,24-26H,5-6,11H2,1-4H3/t13-,19-/m1/s1. The average molecular weight is 531 g/mol. The summed E-state index contributed by atoms with van der Waals surface area (Å²) in [5, 5.41) is 10.4. The van der Waals surface area contributed by atoms with E-state index >= 15 is 0 Å². The number of aliphatic hydroxyl groups is 1. The van der Waals surface area contributed by atoms with Crippen LogP contribution in [0.25, 0.3) is 0 Å². The fraction of sp³-hybridized carbons (Fsp3) is 0.409. The highest BCUT2D eigenvalue weighted by atomic mass is 35.5. The quantitative estimate of drug-likeness (QED) is 0.292. The monoisotopic (exact) mass is 530 g/mol. The molecule has 192 valence electrons. The lowest BCUT2D eigenvalue weighted by Gasteiger charge is -2.20. The third kappa shape index (κ3) is 7.04. The molecule has 0 aliphatic rings. The highest BCUT2D eigenvalue weighted by Crippen LogP contribution is 2.22. The van der Waals surface area contributed by atoms with Gasteiger partial charge in [-0.05, 0) is 57.5 Å². The number of sulfonamides is 1. The van der Waals surface area contributed by atoms with Crippen LogP contribution in [0, 0.1) is 6.92 Å². The van der Waals surface area contributed by atoms with E-state index < -0.39 is 46.7 Å². The zero-order valence-electron chi connectivity index (χ0n) is 19.6. The molecule has 0 amide bonds. The zero-order valence-corrected chi connectivity index (χ0v) is 21.2. The molecule has 2 rings (SSSR count). The molecule has 0 aliphatic heterocycles. The number of rotatable bonds is 11. The Labute approximate surface area is 207 Å². The first kappa shape index (κ1) is 28.3. The Hall–Kier alpha value is -2.93. The first-order valence-corrected chi connectivity index (χ1v) is 12.5. The number of carbonyl (C=O) groups excluding carboxylic acids is 3. The Kier molecular flexibility index (Phi) is 9.83. The molecule has 1 aromatic carbocycles. The number of esters is 3. The van der Waals surface area contributed by atoms with E-state index in [1.807, 2.05) is 0 Å². The molecule has 0 fully saturated rings. The van der Waals surface area contributed by atoms with Crippen LogP contribution in [0.3, 0.4) is 0 Å². The molecule has 3 N–H and O–H groups in total. The summed E-state index contributed by atoms with van der Waals surface area (Å²) >= 11 is 5.78. The number of carbonyl (C=O) groups is 3. The van der Waals surface area contributed by atoms with Gasteiger partial charge in [0, 0.05) is 5.02 Å². The molecule has 0 bridgehead atoms. The molecule has 13 heteroatoms. The van der Waals surface area contributed by atoms with Gasteiger partial charge in [-0.2, -0.15) is 4.72 Å². The van der Waals surface area contributed by atoms with Crippen LogP contribution in [-0.2, 0) is 35.6 Å². The molecule has 0 radical (unpaired) electrons. The van der Waals surface area contributed by atoms with E-state index in [2.05, 4.69) is 9.71 Å². The summed E-state index contributed by atoms with van der Waals surface area (Å²) < 4.78 is 42.6. The summed E-state index contributed by atoms with van der Waals surface area (Å²) in [6.07, 6.45) is -1.46. The van der Waals surface area contributed by atoms with Crippen LogP contribution in [0.1, 0.15) is 52.9 Å². The van der Waals surface area contributed by atoms with Crippen molar-refractivity contribution < 1.29 is 42.1 Å². The third-order valence-corrected chi connectivity index (χ3v) is 6.50. The SMILES string of the molecule is CCOC(=O)c1[nH]c(COC(=O)[C@H](NS(=O)(=O)c2ccc(Cl)cc2)[C@@H](C)O)c(C(=O)OCC)c1C. The number of ether oxygens (including phenoxy) is 3. The maximum absolute atomic E-state index is 12.7. The van der Waals surface area contributed by atoms with Crippen LogP contribution in [0.4, 0.5) is 0 Å². The van der Waals surface area contributed by atoms with Crippen LogP contribution >= 0.6 is 11.6 Å². The molecule has 2 atom stereocenters. The normalized spacial score (nSPS) is 13.1. The van der Waals surface area contributed by atoms with Gasteiger partial charge in [-0.15, -0.1) is 0 Å². The van der Waals surface area contributed by atoms with Crippen LogP contribution < -0.4 is 4.72 Å². The number of H-pyrrole nitrogens is 1. The Morgan fingerprint density at radius 3 is 2.17 bits per heavy atom. The van der Waals surface area contributed by atoms with Gasteiger partial charge in [0.15, 0.2) is 0 Å². The Bertz CT molecular complexity index is 1170. The maximum atomic E-state index is 12.7. The minimum Gasteiger partial charge on any atom is -0.462 e. The molecule has 0 unspecified atom stereocenters. The zero-order chi connectivity index (χ0) is 26.3. The van der Waals surface area contributed by atoms with E-state index in [4.69, 9.17) is 25.8 Å². The number of hydrogen-bond donors (Lipinski definition) is 3. The largest absolute Gasteiger partial charge is 0.462 e. The van der Waals surface area contributed by atoms with Gasteiger partial charge in [0.05, 0.1) is 35.5 Å². The molecule has 0 spiro atoms. The van der Waals surface area contributed by atoms with Crippen molar-refractivity contribution in [3.8, 4) is 0 Å². The summed E-state index contributed by atoms with van der Waals surface area (Å²) in [7, 11) is -4.21. The summed E-state index contributed by atoms with van der Waals surface area (Å²) in [5.41, 5.74) is 0.250. The summed E-state index contributed by atoms with van der Waals surface area (Å²) in [5.74, 6) is -2.58. The van der Waals surface area contributed by atoms with Crippen molar-refractivity contribution in [2.45, 2.75) is 51.3 Å². The van der Waals surface area contributed by atoms with E-state index in [1.165, 1.54) is 38.1 Å². The maximum Gasteiger partial charge on any atom is 0.355 e.